The Morgan fingerprint density at radius 1 is 0.587 bits per heavy atom. The van der Waals surface area contributed by atoms with E-state index in [0.717, 1.165) is 26.4 Å². The zero-order valence-corrected chi connectivity index (χ0v) is 44.7. The van der Waals surface area contributed by atoms with Gasteiger partial charge in [-0.15, -0.1) is 0 Å². The van der Waals surface area contributed by atoms with Crippen LogP contribution in [0.3, 0.4) is 0 Å². The van der Waals surface area contributed by atoms with E-state index in [9.17, 15) is 67.4 Å². The summed E-state index contributed by atoms with van der Waals surface area (Å²) in [5.74, 6) is -2.00. The first-order chi connectivity index (χ1) is 34.2. The minimum Gasteiger partial charge on any atom is -0.870 e. The number of aliphatic hydroxyl groups excluding tert-OH is 1. The monoisotopic (exact) mass is 1130 g/mol. The van der Waals surface area contributed by atoms with Gasteiger partial charge in [-0.05, 0) is 96.7 Å². The number of carboxylic acids is 1. The first-order valence-electron chi connectivity index (χ1n) is 22.1. The average molecular weight is 1130 g/mol. The summed E-state index contributed by atoms with van der Waals surface area (Å²) in [4.78, 5) is 24.5. The summed E-state index contributed by atoms with van der Waals surface area (Å²) in [6.07, 6.45) is -9.26. The van der Waals surface area contributed by atoms with Crippen molar-refractivity contribution in [2.75, 3.05) is 14.2 Å². The van der Waals surface area contributed by atoms with Crippen LogP contribution in [0.4, 0.5) is 52.7 Å². The van der Waals surface area contributed by atoms with Crippen LogP contribution in [0.25, 0.3) is 21.9 Å². The molecule has 4 aromatic carbocycles. The first kappa shape index (κ1) is 66.3. The second-order valence-corrected chi connectivity index (χ2v) is 17.9. The van der Waals surface area contributed by atoms with Gasteiger partial charge in [0.2, 0.25) is 12.2 Å². The molecular formula is C48H49F12N2NaO10S2. The molecule has 0 aliphatic heterocycles. The van der Waals surface area contributed by atoms with Crippen LogP contribution < -0.4 is 39.0 Å². The Labute approximate surface area is 451 Å². The molecule has 0 amide bonds. The molecule has 12 nitrogen and oxygen atoms in total. The molecule has 6 aromatic rings. The summed E-state index contributed by atoms with van der Waals surface area (Å²) in [5, 5.41) is 22.8. The number of esters is 1. The number of fused-ring (bicyclic) bond motifs is 2. The number of nitrogens with zero attached hydrogens (tertiary/aromatic N) is 2. The molecule has 408 valence electrons. The van der Waals surface area contributed by atoms with E-state index in [0.29, 0.717) is 48.8 Å². The summed E-state index contributed by atoms with van der Waals surface area (Å²) < 4.78 is 184. The molecule has 6 rings (SSSR count). The third-order valence-corrected chi connectivity index (χ3v) is 11.8. The first-order valence-corrected chi connectivity index (χ1v) is 23.7. The van der Waals surface area contributed by atoms with Gasteiger partial charge in [0.15, 0.2) is 22.6 Å². The molecule has 2 aromatic heterocycles. The predicted octanol–water partition coefficient (Wildman–Crippen LogP) is 11.7. The zero-order valence-electron chi connectivity index (χ0n) is 41.0. The number of aryl methyl sites for hydroxylation is 4. The summed E-state index contributed by atoms with van der Waals surface area (Å²) in [5.41, 5.74) is -9.92. The number of aliphatic hydroxyl groups is 1. The van der Waals surface area contributed by atoms with Crippen LogP contribution in [-0.4, -0.2) is 63.2 Å². The number of ether oxygens (including phenoxy) is 3. The summed E-state index contributed by atoms with van der Waals surface area (Å²) in [7, 11) is 2.13. The molecule has 0 saturated heterocycles. The Morgan fingerprint density at radius 2 is 0.920 bits per heavy atom. The fraction of sp³-hybridized carbons (Fsp3) is 0.417. The van der Waals surface area contributed by atoms with E-state index in [-0.39, 0.29) is 138 Å². The Hall–Kier alpha value is -4.86. The fourth-order valence-electron chi connectivity index (χ4n) is 7.48. The maximum atomic E-state index is 13.5. The van der Waals surface area contributed by atoms with Gasteiger partial charge in [-0.2, -0.15) is 52.7 Å². The predicted molar refractivity (Wildman–Crippen MR) is 247 cm³/mol. The van der Waals surface area contributed by atoms with Crippen LogP contribution in [0.2, 0.25) is 0 Å². The maximum absolute atomic E-state index is 13.5. The fourth-order valence-corrected chi connectivity index (χ4v) is 8.56. The number of carboxylic acid groups (broad SMARTS) is 1. The molecule has 2 atom stereocenters. The van der Waals surface area contributed by atoms with E-state index in [2.05, 4.69) is 10.3 Å². The summed E-state index contributed by atoms with van der Waals surface area (Å²) >= 11 is -0.647. The Balaban J connectivity index is 0.000000485. The summed E-state index contributed by atoms with van der Waals surface area (Å²) in [6.45, 7) is 7.24. The average Bonchev–Trinajstić information content (AvgIpc) is 3.95. The minimum absolute atomic E-state index is 0. The van der Waals surface area contributed by atoms with Gasteiger partial charge in [-0.1, -0.05) is 88.0 Å². The normalized spacial score (nSPS) is 12.6. The Bertz CT molecular complexity index is 2780. The van der Waals surface area contributed by atoms with Gasteiger partial charge in [0.25, 0.3) is 0 Å². The number of aliphatic carboxylic acids is 1. The Morgan fingerprint density at radius 3 is 1.21 bits per heavy atom. The number of alkyl halides is 12. The molecule has 2 unspecified atom stereocenters. The number of hydrogen-bond acceptors (Lipinski definition) is 13. The topological polar surface area (TPSA) is 184 Å². The van der Waals surface area contributed by atoms with Gasteiger partial charge in [0.1, 0.15) is 11.5 Å². The van der Waals surface area contributed by atoms with Crippen LogP contribution in [0.5, 0.6) is 11.5 Å². The van der Waals surface area contributed by atoms with Crippen molar-refractivity contribution >= 4 is 57.4 Å². The number of carbonyl (C=O) groups is 2. The second-order valence-electron chi connectivity index (χ2n) is 15.6. The molecule has 2 heterocycles. The number of halogens is 12. The quantitative estimate of drug-likeness (QED) is 0.0358. The molecular weight excluding hydrogens is 1080 g/mol. The van der Waals surface area contributed by atoms with E-state index in [1.54, 1.807) is 13.8 Å². The van der Waals surface area contributed by atoms with Gasteiger partial charge < -0.3 is 38.9 Å². The number of rotatable bonds is 18. The van der Waals surface area contributed by atoms with Crippen molar-refractivity contribution in [2.24, 2.45) is 0 Å². The molecule has 0 aliphatic carbocycles. The summed E-state index contributed by atoms with van der Waals surface area (Å²) in [6, 6.07) is 12.2. The molecule has 27 heteroatoms. The van der Waals surface area contributed by atoms with Gasteiger partial charge in [-0.3, -0.25) is 0 Å². The van der Waals surface area contributed by atoms with E-state index in [1.807, 2.05) is 13.8 Å². The number of aromatic nitrogens is 2. The van der Waals surface area contributed by atoms with Crippen molar-refractivity contribution in [3.05, 3.63) is 105 Å². The van der Waals surface area contributed by atoms with E-state index in [1.165, 1.54) is 48.5 Å². The number of hydrogen-bond donors (Lipinski definition) is 2. The molecule has 0 aliphatic rings. The number of thioether (sulfide) groups is 2. The number of carbonyl (C=O) groups excluding carboxylic acids is 1. The smallest absolute Gasteiger partial charge is 0.870 e. The van der Waals surface area contributed by atoms with Crippen molar-refractivity contribution < 1.29 is 131 Å². The van der Waals surface area contributed by atoms with E-state index < -0.39 is 58.9 Å². The standard InChI is InChI=1S/C24H23F6NO4S.C23H21F6NO4S.CH4O.Na.H2O/c1-4-6-14-12-17-20(35-31-21(17)23(25,26)27)16(7-5-2)18(14)34-19(22(32)33-3)13-8-10-15(11-9-13)36-24(28,29)30;1-3-5-13-11-16-19(34-30-20(16)22(24,25)26)15(6-4-2)17(13)33-18(21(31)32)12-7-9-14(10-8-12)35-23(27,28)29;1-2;;/h8-12,19H,4-7H2,1-3H3;7-11,18H,3-6H2,1-2H3,(H,31,32);2H,1H3;;1H2/q;;;+1;/p-1. The minimum atomic E-state index is -4.75. The molecule has 0 fully saturated rings. The van der Waals surface area contributed by atoms with Crippen molar-refractivity contribution in [3.63, 3.8) is 0 Å². The molecule has 0 radical (unpaired) electrons. The SMILES string of the molecule is CCCc1cc2c(C(F)(F)F)noc2c(CCC)c1OC(C(=O)O)c1ccc(SC(F)(F)F)cc1.CCCc1cc2c(C(F)(F)F)noc2c(CCC)c1OC(C(=O)OC)c1ccc(SC(F)(F)F)cc1.CO.[Na+].[OH-]. The van der Waals surface area contributed by atoms with Gasteiger partial charge >= 0.3 is 64.9 Å². The van der Waals surface area contributed by atoms with Crippen molar-refractivity contribution in [2.45, 2.75) is 124 Å². The van der Waals surface area contributed by atoms with Crippen molar-refractivity contribution in [1.29, 1.82) is 0 Å². The van der Waals surface area contributed by atoms with E-state index in [4.69, 9.17) is 28.4 Å². The maximum Gasteiger partial charge on any atom is 1.00 e. The van der Waals surface area contributed by atoms with E-state index >= 15 is 0 Å². The third kappa shape index (κ3) is 17.6. The largest absolute Gasteiger partial charge is 1.00 e. The van der Waals surface area contributed by atoms with Gasteiger partial charge in [0.05, 0.1) is 17.9 Å². The van der Waals surface area contributed by atoms with Gasteiger partial charge in [0, 0.05) is 39.2 Å². The third-order valence-electron chi connectivity index (χ3n) is 10.3. The van der Waals surface area contributed by atoms with Crippen LogP contribution >= 0.6 is 23.5 Å². The van der Waals surface area contributed by atoms with Crippen LogP contribution in [0.1, 0.15) is 110 Å². The zero-order chi connectivity index (χ0) is 54.6. The van der Waals surface area contributed by atoms with Crippen molar-refractivity contribution in [1.82, 2.24) is 10.3 Å². The molecule has 0 spiro atoms. The molecule has 3 N–H and O–H groups in total. The molecule has 75 heavy (non-hydrogen) atoms. The molecule has 0 bridgehead atoms. The van der Waals surface area contributed by atoms with Crippen LogP contribution in [0, 0.1) is 0 Å². The number of benzene rings is 4. The second kappa shape index (κ2) is 28.5. The number of methoxy groups -OCH3 is 1. The Kier molecular flexibility index (Phi) is 25.2. The van der Waals surface area contributed by atoms with Crippen molar-refractivity contribution in [3.8, 4) is 11.5 Å². The van der Waals surface area contributed by atoms with Gasteiger partial charge in [-0.25, -0.2) is 9.59 Å². The molecule has 0 saturated carbocycles. The van der Waals surface area contributed by atoms with Crippen LogP contribution in [-0.2, 0) is 52.4 Å². The van der Waals surface area contributed by atoms with Crippen LogP contribution in [0.15, 0.2) is 79.5 Å².